The van der Waals surface area contributed by atoms with Gasteiger partial charge in [0.2, 0.25) is 0 Å². The number of aromatic nitrogens is 1. The Morgan fingerprint density at radius 3 is 3.00 bits per heavy atom. The number of carbonyl (C=O) groups is 1. The van der Waals surface area contributed by atoms with Crippen molar-refractivity contribution in [1.82, 2.24) is 10.3 Å². The smallest absolute Gasteiger partial charge is 0.404 e. The van der Waals surface area contributed by atoms with Gasteiger partial charge in [-0.15, -0.1) is 0 Å². The molecule has 0 saturated carbocycles. The van der Waals surface area contributed by atoms with Crippen molar-refractivity contribution in [3.63, 3.8) is 0 Å². The van der Waals surface area contributed by atoms with Crippen LogP contribution in [0.4, 0.5) is 4.79 Å². The SMILES string of the molecule is NC(=O)OCCNCc1cccc2cccnc12. The van der Waals surface area contributed by atoms with E-state index in [2.05, 4.69) is 15.0 Å². The second kappa shape index (κ2) is 5.97. The fourth-order valence-corrected chi connectivity index (χ4v) is 1.76. The van der Waals surface area contributed by atoms with Crippen LogP contribution in [0.1, 0.15) is 5.56 Å². The van der Waals surface area contributed by atoms with E-state index in [0.717, 1.165) is 16.5 Å². The lowest BCUT2D eigenvalue weighted by atomic mass is 10.1. The van der Waals surface area contributed by atoms with Gasteiger partial charge in [-0.2, -0.15) is 0 Å². The maximum absolute atomic E-state index is 10.4. The molecule has 1 amide bonds. The second-order valence-electron chi connectivity index (χ2n) is 3.84. The van der Waals surface area contributed by atoms with Gasteiger partial charge < -0.3 is 15.8 Å². The van der Waals surface area contributed by atoms with Crippen molar-refractivity contribution in [3.05, 3.63) is 42.1 Å². The van der Waals surface area contributed by atoms with Crippen molar-refractivity contribution < 1.29 is 9.53 Å². The van der Waals surface area contributed by atoms with Gasteiger partial charge in [0, 0.05) is 24.7 Å². The number of rotatable bonds is 5. The molecule has 1 aromatic heterocycles. The predicted molar refractivity (Wildman–Crippen MR) is 69.0 cm³/mol. The highest BCUT2D eigenvalue weighted by Crippen LogP contribution is 2.15. The first-order chi connectivity index (χ1) is 8.77. The van der Waals surface area contributed by atoms with Crippen LogP contribution in [-0.2, 0) is 11.3 Å². The number of primary amides is 1. The fraction of sp³-hybridized carbons (Fsp3) is 0.231. The van der Waals surface area contributed by atoms with E-state index < -0.39 is 6.09 Å². The van der Waals surface area contributed by atoms with Gasteiger partial charge >= 0.3 is 6.09 Å². The number of carbonyl (C=O) groups excluding carboxylic acids is 1. The molecule has 5 heteroatoms. The number of nitrogens with two attached hydrogens (primary N) is 1. The van der Waals surface area contributed by atoms with Gasteiger partial charge in [0.25, 0.3) is 0 Å². The summed E-state index contributed by atoms with van der Waals surface area (Å²) in [7, 11) is 0. The molecule has 18 heavy (non-hydrogen) atoms. The first-order valence-corrected chi connectivity index (χ1v) is 5.73. The maximum atomic E-state index is 10.4. The summed E-state index contributed by atoms with van der Waals surface area (Å²) in [6, 6.07) is 10.0. The molecule has 1 heterocycles. The van der Waals surface area contributed by atoms with E-state index in [-0.39, 0.29) is 6.61 Å². The van der Waals surface area contributed by atoms with E-state index in [1.54, 1.807) is 6.20 Å². The van der Waals surface area contributed by atoms with E-state index in [0.29, 0.717) is 13.1 Å². The van der Waals surface area contributed by atoms with Gasteiger partial charge in [0.1, 0.15) is 6.61 Å². The number of fused-ring (bicyclic) bond motifs is 1. The molecule has 0 atom stereocenters. The lowest BCUT2D eigenvalue weighted by Crippen LogP contribution is -2.23. The van der Waals surface area contributed by atoms with Gasteiger partial charge in [0.05, 0.1) is 5.52 Å². The number of nitrogens with one attached hydrogen (secondary N) is 1. The number of para-hydroxylation sites is 1. The van der Waals surface area contributed by atoms with Crippen molar-refractivity contribution in [2.24, 2.45) is 5.73 Å². The van der Waals surface area contributed by atoms with E-state index in [9.17, 15) is 4.79 Å². The van der Waals surface area contributed by atoms with E-state index in [1.165, 1.54) is 0 Å². The Morgan fingerprint density at radius 2 is 2.17 bits per heavy atom. The zero-order chi connectivity index (χ0) is 12.8. The molecule has 0 spiro atoms. The largest absolute Gasteiger partial charge is 0.448 e. The fourth-order valence-electron chi connectivity index (χ4n) is 1.76. The number of nitrogens with zero attached hydrogens (tertiary/aromatic N) is 1. The summed E-state index contributed by atoms with van der Waals surface area (Å²) in [4.78, 5) is 14.7. The molecule has 0 unspecified atom stereocenters. The topological polar surface area (TPSA) is 77.2 Å². The van der Waals surface area contributed by atoms with Crippen LogP contribution in [0.15, 0.2) is 36.5 Å². The van der Waals surface area contributed by atoms with E-state index >= 15 is 0 Å². The molecule has 2 aromatic rings. The molecule has 0 radical (unpaired) electrons. The molecule has 0 aliphatic heterocycles. The number of hydrogen-bond donors (Lipinski definition) is 2. The summed E-state index contributed by atoms with van der Waals surface area (Å²) in [6.07, 6.45) is 1.03. The van der Waals surface area contributed by atoms with Crippen LogP contribution in [0.5, 0.6) is 0 Å². The Hall–Kier alpha value is -2.14. The maximum Gasteiger partial charge on any atom is 0.404 e. The molecule has 94 valence electrons. The zero-order valence-electron chi connectivity index (χ0n) is 9.93. The molecule has 2 rings (SSSR count). The third-order valence-corrected chi connectivity index (χ3v) is 2.55. The third-order valence-electron chi connectivity index (χ3n) is 2.55. The average Bonchev–Trinajstić information content (AvgIpc) is 2.38. The van der Waals surface area contributed by atoms with Crippen LogP contribution in [0, 0.1) is 0 Å². The molecular formula is C13H15N3O2. The molecule has 0 aliphatic rings. The monoisotopic (exact) mass is 245 g/mol. The molecule has 0 fully saturated rings. The van der Waals surface area contributed by atoms with Gasteiger partial charge in [0.15, 0.2) is 0 Å². The molecule has 5 nitrogen and oxygen atoms in total. The van der Waals surface area contributed by atoms with Crippen LogP contribution >= 0.6 is 0 Å². The van der Waals surface area contributed by atoms with Gasteiger partial charge in [-0.25, -0.2) is 4.79 Å². The van der Waals surface area contributed by atoms with Crippen LogP contribution in [0.2, 0.25) is 0 Å². The molecule has 0 saturated heterocycles. The van der Waals surface area contributed by atoms with Crippen molar-refractivity contribution in [2.75, 3.05) is 13.2 Å². The van der Waals surface area contributed by atoms with Crippen molar-refractivity contribution in [1.29, 1.82) is 0 Å². The minimum Gasteiger partial charge on any atom is -0.448 e. The van der Waals surface area contributed by atoms with Gasteiger partial charge in [-0.1, -0.05) is 24.3 Å². The first kappa shape index (κ1) is 12.3. The number of amides is 1. The van der Waals surface area contributed by atoms with Crippen molar-refractivity contribution >= 4 is 17.0 Å². The summed E-state index contributed by atoms with van der Waals surface area (Å²) >= 11 is 0. The van der Waals surface area contributed by atoms with Crippen molar-refractivity contribution in [2.45, 2.75) is 6.54 Å². The minimum atomic E-state index is -0.747. The third kappa shape index (κ3) is 3.18. The molecule has 3 N–H and O–H groups in total. The molecule has 0 aliphatic carbocycles. The van der Waals surface area contributed by atoms with Gasteiger partial charge in [-0.05, 0) is 11.6 Å². The van der Waals surface area contributed by atoms with Crippen LogP contribution in [0.25, 0.3) is 10.9 Å². The summed E-state index contributed by atoms with van der Waals surface area (Å²) in [5, 5.41) is 4.29. The minimum absolute atomic E-state index is 0.271. The standard InChI is InChI=1S/C13H15N3O2/c14-13(17)18-8-7-15-9-11-4-1-3-10-5-2-6-16-12(10)11/h1-6,15H,7-9H2,(H2,14,17). The van der Waals surface area contributed by atoms with Crippen molar-refractivity contribution in [3.8, 4) is 0 Å². The number of pyridine rings is 1. The van der Waals surface area contributed by atoms with Gasteiger partial charge in [-0.3, -0.25) is 4.98 Å². The zero-order valence-corrected chi connectivity index (χ0v) is 9.93. The van der Waals surface area contributed by atoms with E-state index in [4.69, 9.17) is 5.73 Å². The quantitative estimate of drug-likeness (QED) is 0.781. The Labute approximate surface area is 105 Å². The number of benzene rings is 1. The lowest BCUT2D eigenvalue weighted by Gasteiger charge is -2.07. The van der Waals surface area contributed by atoms with Crippen LogP contribution in [-0.4, -0.2) is 24.2 Å². The predicted octanol–water partition coefficient (Wildman–Crippen LogP) is 1.42. The van der Waals surface area contributed by atoms with Crippen LogP contribution in [0.3, 0.4) is 0 Å². The Balaban J connectivity index is 1.93. The summed E-state index contributed by atoms with van der Waals surface area (Å²) in [5.74, 6) is 0. The summed E-state index contributed by atoms with van der Waals surface area (Å²) < 4.78 is 4.63. The average molecular weight is 245 g/mol. The Morgan fingerprint density at radius 1 is 1.33 bits per heavy atom. The highest BCUT2D eigenvalue weighted by Gasteiger charge is 2.01. The summed E-state index contributed by atoms with van der Waals surface area (Å²) in [5.41, 5.74) is 6.97. The highest BCUT2D eigenvalue weighted by molar-refractivity contribution is 5.81. The molecule has 0 bridgehead atoms. The Bertz CT molecular complexity index is 537. The number of ether oxygens (including phenoxy) is 1. The van der Waals surface area contributed by atoms with Crippen LogP contribution < -0.4 is 11.1 Å². The highest BCUT2D eigenvalue weighted by atomic mass is 16.5. The lowest BCUT2D eigenvalue weighted by molar-refractivity contribution is 0.157. The molecular weight excluding hydrogens is 230 g/mol. The second-order valence-corrected chi connectivity index (χ2v) is 3.84. The van der Waals surface area contributed by atoms with E-state index in [1.807, 2.05) is 30.3 Å². The number of hydrogen-bond acceptors (Lipinski definition) is 4. The normalized spacial score (nSPS) is 10.4. The Kier molecular flexibility index (Phi) is 4.09. The molecule has 1 aromatic carbocycles. The summed E-state index contributed by atoms with van der Waals surface area (Å²) in [6.45, 7) is 1.51. The first-order valence-electron chi connectivity index (χ1n) is 5.73.